The molecule has 2 saturated heterocycles. The summed E-state index contributed by atoms with van der Waals surface area (Å²) in [6.45, 7) is 3.48. The first-order valence-corrected chi connectivity index (χ1v) is 11.7. The van der Waals surface area contributed by atoms with E-state index in [2.05, 4.69) is 13.0 Å². The summed E-state index contributed by atoms with van der Waals surface area (Å²) in [6, 6.07) is 2.20. The smallest absolute Gasteiger partial charge is 0.158 e. The van der Waals surface area contributed by atoms with Crippen molar-refractivity contribution in [1.82, 2.24) is 0 Å². The Kier molecular flexibility index (Phi) is 12.2. The number of nitriles is 1. The summed E-state index contributed by atoms with van der Waals surface area (Å²) < 4.78 is 18.1. The normalized spacial score (nSPS) is 27.3. The summed E-state index contributed by atoms with van der Waals surface area (Å²) in [7, 11) is 0. The predicted molar refractivity (Wildman–Crippen MR) is 113 cm³/mol. The molecular formula is C24H39NO4. The highest BCUT2D eigenvalue weighted by atomic mass is 16.7. The van der Waals surface area contributed by atoms with Gasteiger partial charge in [0.1, 0.15) is 0 Å². The van der Waals surface area contributed by atoms with Gasteiger partial charge in [-0.15, -0.1) is 0 Å². The molecule has 0 bridgehead atoms. The molecule has 0 radical (unpaired) electrons. The third-order valence-corrected chi connectivity index (χ3v) is 5.86. The van der Waals surface area contributed by atoms with Gasteiger partial charge in [-0.2, -0.15) is 5.26 Å². The number of ether oxygens (including phenoxy) is 3. The Hall–Kier alpha value is -1.22. The third kappa shape index (κ3) is 9.42. The van der Waals surface area contributed by atoms with E-state index in [-0.39, 0.29) is 30.2 Å². The molecule has 1 unspecified atom stereocenters. The summed E-state index contributed by atoms with van der Waals surface area (Å²) in [5, 5.41) is 8.64. The van der Waals surface area contributed by atoms with Crippen molar-refractivity contribution in [2.45, 2.75) is 109 Å². The van der Waals surface area contributed by atoms with Gasteiger partial charge >= 0.3 is 0 Å². The lowest BCUT2D eigenvalue weighted by Gasteiger charge is -2.28. The maximum absolute atomic E-state index is 12.2. The number of nitrogens with zero attached hydrogens (tertiary/aromatic N) is 1. The first-order valence-electron chi connectivity index (χ1n) is 11.7. The molecule has 2 fully saturated rings. The van der Waals surface area contributed by atoms with Crippen LogP contribution in [0, 0.1) is 17.2 Å². The van der Waals surface area contributed by atoms with E-state index in [0.717, 1.165) is 77.2 Å². The maximum atomic E-state index is 12.2. The molecule has 4 atom stereocenters. The molecule has 5 nitrogen and oxygen atoms in total. The Morgan fingerprint density at radius 3 is 2.76 bits per heavy atom. The molecule has 164 valence electrons. The van der Waals surface area contributed by atoms with Crippen molar-refractivity contribution in [3.05, 3.63) is 12.2 Å². The van der Waals surface area contributed by atoms with Gasteiger partial charge in [0.2, 0.25) is 0 Å². The summed E-state index contributed by atoms with van der Waals surface area (Å²) in [6.07, 6.45) is 16.6. The SMILES string of the molecule is CCCCCC(=O)C=C[C@H]1[C@@H](OC2CCCCO2)CO[C@@H]1CCCCCCC#N. The number of allylic oxidation sites excluding steroid dienone is 1. The fourth-order valence-electron chi connectivity index (χ4n) is 4.10. The van der Waals surface area contributed by atoms with E-state index in [1.54, 1.807) is 6.08 Å². The molecule has 0 saturated carbocycles. The van der Waals surface area contributed by atoms with Gasteiger partial charge < -0.3 is 14.2 Å². The van der Waals surface area contributed by atoms with Crippen molar-refractivity contribution in [3.8, 4) is 6.07 Å². The second-order valence-corrected chi connectivity index (χ2v) is 8.31. The molecule has 0 amide bonds. The van der Waals surface area contributed by atoms with Crippen molar-refractivity contribution in [2.24, 2.45) is 5.92 Å². The van der Waals surface area contributed by atoms with Crippen LogP contribution >= 0.6 is 0 Å². The lowest BCUT2D eigenvalue weighted by Crippen LogP contribution is -2.33. The zero-order chi connectivity index (χ0) is 20.7. The molecule has 2 rings (SSSR count). The zero-order valence-electron chi connectivity index (χ0n) is 18.2. The Balaban J connectivity index is 1.86. The van der Waals surface area contributed by atoms with E-state index >= 15 is 0 Å². The minimum Gasteiger partial charge on any atom is -0.375 e. The standard InChI is InChI=1S/C24H39NO4/c1-2-3-7-12-20(26)15-16-21-22(13-8-5-4-6-10-17-25)28-19-23(21)29-24-14-9-11-18-27-24/h15-16,21-24H,2-14,18-19H2,1H3/t21-,22-,23+,24?/m1/s1. The summed E-state index contributed by atoms with van der Waals surface area (Å²) in [4.78, 5) is 12.2. The molecular weight excluding hydrogens is 366 g/mol. The van der Waals surface area contributed by atoms with E-state index < -0.39 is 0 Å². The van der Waals surface area contributed by atoms with Crippen LogP contribution in [0.25, 0.3) is 0 Å². The highest BCUT2D eigenvalue weighted by molar-refractivity contribution is 5.89. The van der Waals surface area contributed by atoms with Crippen LogP contribution in [0.1, 0.15) is 90.4 Å². The van der Waals surface area contributed by atoms with Crippen LogP contribution < -0.4 is 0 Å². The predicted octanol–water partition coefficient (Wildman–Crippen LogP) is 5.48. The molecule has 2 aliphatic heterocycles. The van der Waals surface area contributed by atoms with E-state index in [1.807, 2.05) is 6.08 Å². The average Bonchev–Trinajstić information content (AvgIpc) is 3.11. The second-order valence-electron chi connectivity index (χ2n) is 8.31. The molecule has 0 aromatic rings. The van der Waals surface area contributed by atoms with Gasteiger partial charge in [-0.25, -0.2) is 0 Å². The van der Waals surface area contributed by atoms with Gasteiger partial charge in [-0.1, -0.05) is 45.1 Å². The van der Waals surface area contributed by atoms with Gasteiger partial charge in [0, 0.05) is 25.4 Å². The second kappa shape index (κ2) is 14.7. The third-order valence-electron chi connectivity index (χ3n) is 5.86. The van der Waals surface area contributed by atoms with Crippen molar-refractivity contribution >= 4 is 5.78 Å². The Labute approximate surface area is 176 Å². The molecule has 29 heavy (non-hydrogen) atoms. The number of hydrogen-bond acceptors (Lipinski definition) is 5. The van der Waals surface area contributed by atoms with Crippen LogP contribution in [0.5, 0.6) is 0 Å². The van der Waals surface area contributed by atoms with E-state index in [0.29, 0.717) is 19.4 Å². The maximum Gasteiger partial charge on any atom is 0.158 e. The summed E-state index contributed by atoms with van der Waals surface area (Å²) >= 11 is 0. The van der Waals surface area contributed by atoms with E-state index in [1.165, 1.54) is 0 Å². The molecule has 0 aliphatic carbocycles. The molecule has 0 aromatic heterocycles. The Morgan fingerprint density at radius 1 is 1.14 bits per heavy atom. The van der Waals surface area contributed by atoms with E-state index in [4.69, 9.17) is 19.5 Å². The minimum absolute atomic E-state index is 0.0404. The van der Waals surface area contributed by atoms with Gasteiger partial charge in [-0.3, -0.25) is 4.79 Å². The summed E-state index contributed by atoms with van der Waals surface area (Å²) in [5.41, 5.74) is 0. The number of rotatable bonds is 14. The van der Waals surface area contributed by atoms with E-state index in [9.17, 15) is 4.79 Å². The Morgan fingerprint density at radius 2 is 2.00 bits per heavy atom. The number of carbonyl (C=O) groups excluding carboxylic acids is 1. The fourth-order valence-corrected chi connectivity index (χ4v) is 4.10. The molecule has 0 aromatic carbocycles. The highest BCUT2D eigenvalue weighted by Crippen LogP contribution is 2.31. The number of unbranched alkanes of at least 4 members (excludes halogenated alkanes) is 6. The average molecular weight is 406 g/mol. The molecule has 2 aliphatic rings. The largest absolute Gasteiger partial charge is 0.375 e. The quantitative estimate of drug-likeness (QED) is 0.283. The number of carbonyl (C=O) groups is 1. The first kappa shape index (κ1) is 24.1. The molecule has 0 spiro atoms. The van der Waals surface area contributed by atoms with Crippen LogP contribution in [0.2, 0.25) is 0 Å². The lowest BCUT2D eigenvalue weighted by atomic mass is 9.93. The minimum atomic E-state index is -0.141. The first-order chi connectivity index (χ1) is 14.2. The van der Waals surface area contributed by atoms with Crippen LogP contribution in [-0.2, 0) is 19.0 Å². The van der Waals surface area contributed by atoms with Crippen molar-refractivity contribution < 1.29 is 19.0 Å². The van der Waals surface area contributed by atoms with Gasteiger partial charge in [-0.05, 0) is 44.6 Å². The fraction of sp³-hybridized carbons (Fsp3) is 0.833. The van der Waals surface area contributed by atoms with Gasteiger partial charge in [0.15, 0.2) is 12.1 Å². The highest BCUT2D eigenvalue weighted by Gasteiger charge is 2.37. The lowest BCUT2D eigenvalue weighted by molar-refractivity contribution is -0.191. The number of ketones is 1. The number of hydrogen-bond donors (Lipinski definition) is 0. The van der Waals surface area contributed by atoms with Crippen LogP contribution in [0.15, 0.2) is 12.2 Å². The molecule has 0 N–H and O–H groups in total. The van der Waals surface area contributed by atoms with Gasteiger partial charge in [0.05, 0.1) is 24.9 Å². The van der Waals surface area contributed by atoms with Crippen LogP contribution in [-0.4, -0.2) is 37.5 Å². The Bertz CT molecular complexity index is 521. The zero-order valence-corrected chi connectivity index (χ0v) is 18.2. The summed E-state index contributed by atoms with van der Waals surface area (Å²) in [5.74, 6) is 0.308. The van der Waals surface area contributed by atoms with Crippen molar-refractivity contribution in [1.29, 1.82) is 5.26 Å². The molecule has 5 heteroatoms. The monoisotopic (exact) mass is 405 g/mol. The topological polar surface area (TPSA) is 68.6 Å². The molecule has 2 heterocycles. The van der Waals surface area contributed by atoms with Crippen molar-refractivity contribution in [2.75, 3.05) is 13.2 Å². The van der Waals surface area contributed by atoms with Crippen LogP contribution in [0.4, 0.5) is 0 Å². The van der Waals surface area contributed by atoms with Crippen molar-refractivity contribution in [3.63, 3.8) is 0 Å². The van der Waals surface area contributed by atoms with Crippen LogP contribution in [0.3, 0.4) is 0 Å². The van der Waals surface area contributed by atoms with Gasteiger partial charge in [0.25, 0.3) is 0 Å².